The quantitative estimate of drug-likeness (QED) is 0.678. The highest BCUT2D eigenvalue weighted by Gasteiger charge is 2.25. The summed E-state index contributed by atoms with van der Waals surface area (Å²) in [5, 5.41) is 14.3. The monoisotopic (exact) mass is 346 g/mol. The van der Waals surface area contributed by atoms with Gasteiger partial charge in [0.25, 0.3) is 5.91 Å². The molecule has 1 heterocycles. The number of likely N-dealkylation sites (N-methyl/N-ethyl adjacent to an activating group) is 1. The van der Waals surface area contributed by atoms with Crippen LogP contribution in [0.25, 0.3) is 0 Å². The zero-order chi connectivity index (χ0) is 17.1. The number of benzene rings is 1. The largest absolute Gasteiger partial charge is 0.411 e. The minimum atomic E-state index is -0.255. The second-order valence-electron chi connectivity index (χ2n) is 5.96. The van der Waals surface area contributed by atoms with Crippen LogP contribution in [0.3, 0.4) is 0 Å². The lowest BCUT2D eigenvalue weighted by atomic mass is 9.94. The van der Waals surface area contributed by atoms with E-state index in [4.69, 9.17) is 5.21 Å². The summed E-state index contributed by atoms with van der Waals surface area (Å²) in [6, 6.07) is 6.35. The molecule has 2 aromatic rings. The minimum absolute atomic E-state index is 0.0196. The average Bonchev–Trinajstić information content (AvgIpc) is 3.04. The molecule has 1 aromatic heterocycles. The number of hydrogen-bond donors (Lipinski definition) is 1. The third-order valence-corrected chi connectivity index (χ3v) is 5.41. The van der Waals surface area contributed by atoms with E-state index in [2.05, 4.69) is 5.16 Å². The topological polar surface area (TPSA) is 52.9 Å². The summed E-state index contributed by atoms with van der Waals surface area (Å²) < 4.78 is 12.9. The van der Waals surface area contributed by atoms with E-state index < -0.39 is 0 Å². The minimum Gasteiger partial charge on any atom is -0.411 e. The Labute approximate surface area is 144 Å². The van der Waals surface area contributed by atoms with Crippen molar-refractivity contribution < 1.29 is 14.4 Å². The smallest absolute Gasteiger partial charge is 0.254 e. The summed E-state index contributed by atoms with van der Waals surface area (Å²) in [5.41, 5.74) is 3.38. The molecule has 1 aromatic carbocycles. The molecule has 0 unspecified atom stereocenters. The van der Waals surface area contributed by atoms with Gasteiger partial charge < -0.3 is 10.1 Å². The van der Waals surface area contributed by atoms with Gasteiger partial charge in [0.2, 0.25) is 0 Å². The van der Waals surface area contributed by atoms with Gasteiger partial charge in [-0.1, -0.05) is 17.3 Å². The lowest BCUT2D eigenvalue weighted by Gasteiger charge is -2.19. The van der Waals surface area contributed by atoms with Crippen LogP contribution in [-0.4, -0.2) is 35.3 Å². The van der Waals surface area contributed by atoms with Gasteiger partial charge in [0.05, 0.1) is 16.2 Å². The highest BCUT2D eigenvalue weighted by molar-refractivity contribution is 7.12. The van der Waals surface area contributed by atoms with Gasteiger partial charge >= 0.3 is 0 Å². The molecule has 0 saturated heterocycles. The van der Waals surface area contributed by atoms with Crippen LogP contribution in [0.4, 0.5) is 4.39 Å². The van der Waals surface area contributed by atoms with Crippen LogP contribution in [0.5, 0.6) is 0 Å². The van der Waals surface area contributed by atoms with Crippen molar-refractivity contribution in [2.24, 2.45) is 5.16 Å². The maximum atomic E-state index is 12.9. The molecule has 0 radical (unpaired) electrons. The molecule has 0 fully saturated rings. The van der Waals surface area contributed by atoms with Gasteiger partial charge in [0, 0.05) is 19.0 Å². The second kappa shape index (κ2) is 7.13. The number of halogens is 1. The van der Waals surface area contributed by atoms with E-state index in [1.165, 1.54) is 23.5 Å². The second-order valence-corrected chi connectivity index (χ2v) is 6.84. The lowest BCUT2D eigenvalue weighted by Crippen LogP contribution is -2.29. The molecule has 24 heavy (non-hydrogen) atoms. The molecule has 3 rings (SSSR count). The molecular formula is C18H19FN2O2S. The third kappa shape index (κ3) is 3.33. The molecule has 4 nitrogen and oxygen atoms in total. The fourth-order valence-corrected chi connectivity index (χ4v) is 4.06. The Morgan fingerprint density at radius 1 is 1.33 bits per heavy atom. The molecule has 1 aliphatic rings. The molecule has 1 aliphatic carbocycles. The third-order valence-electron chi connectivity index (χ3n) is 4.34. The zero-order valence-corrected chi connectivity index (χ0v) is 14.3. The van der Waals surface area contributed by atoms with Gasteiger partial charge in [0.15, 0.2) is 0 Å². The number of oxime groups is 1. The van der Waals surface area contributed by atoms with Crippen LogP contribution >= 0.6 is 11.3 Å². The van der Waals surface area contributed by atoms with Gasteiger partial charge in [-0.3, -0.25) is 4.79 Å². The average molecular weight is 346 g/mol. The Balaban J connectivity index is 1.70. The SMILES string of the molecule is CN(CCc1ccc(F)cc1)C(=O)c1csc2c1CCC/C2=N/O. The number of amides is 1. The van der Waals surface area contributed by atoms with Gasteiger partial charge in [-0.15, -0.1) is 11.3 Å². The maximum absolute atomic E-state index is 12.9. The first-order valence-corrected chi connectivity index (χ1v) is 8.79. The summed E-state index contributed by atoms with van der Waals surface area (Å²) in [6.45, 7) is 0.566. The molecule has 6 heteroatoms. The molecular weight excluding hydrogens is 327 g/mol. The first kappa shape index (κ1) is 16.6. The van der Waals surface area contributed by atoms with Gasteiger partial charge in [-0.25, -0.2) is 4.39 Å². The van der Waals surface area contributed by atoms with Gasteiger partial charge in [0.1, 0.15) is 5.82 Å². The normalized spacial score (nSPS) is 15.3. The van der Waals surface area contributed by atoms with E-state index in [0.29, 0.717) is 24.2 Å². The number of nitrogens with zero attached hydrogens (tertiary/aromatic N) is 2. The van der Waals surface area contributed by atoms with Crippen LogP contribution < -0.4 is 0 Å². The van der Waals surface area contributed by atoms with Crippen LogP contribution in [0.2, 0.25) is 0 Å². The Bertz CT molecular complexity index is 768. The molecule has 126 valence electrons. The summed E-state index contributed by atoms with van der Waals surface area (Å²) in [5.74, 6) is -0.275. The maximum Gasteiger partial charge on any atom is 0.254 e. The number of carbonyl (C=O) groups is 1. The van der Waals surface area contributed by atoms with Crippen molar-refractivity contribution in [1.29, 1.82) is 0 Å². The van der Waals surface area contributed by atoms with Crippen molar-refractivity contribution in [3.8, 4) is 0 Å². The summed E-state index contributed by atoms with van der Waals surface area (Å²) >= 11 is 1.47. The number of hydrogen-bond acceptors (Lipinski definition) is 4. The Morgan fingerprint density at radius 2 is 2.08 bits per heavy atom. The molecule has 0 saturated carbocycles. The van der Waals surface area contributed by atoms with Crippen molar-refractivity contribution in [3.63, 3.8) is 0 Å². The molecule has 1 amide bonds. The summed E-state index contributed by atoms with van der Waals surface area (Å²) in [6.07, 6.45) is 3.16. The Morgan fingerprint density at radius 3 is 2.79 bits per heavy atom. The highest BCUT2D eigenvalue weighted by atomic mass is 32.1. The molecule has 0 bridgehead atoms. The van der Waals surface area contributed by atoms with Crippen molar-refractivity contribution in [2.45, 2.75) is 25.7 Å². The first-order chi connectivity index (χ1) is 11.6. The number of fused-ring (bicyclic) bond motifs is 1. The molecule has 0 spiro atoms. The van der Waals surface area contributed by atoms with E-state index in [1.807, 2.05) is 5.38 Å². The van der Waals surface area contributed by atoms with Crippen molar-refractivity contribution in [2.75, 3.05) is 13.6 Å². The van der Waals surface area contributed by atoms with Crippen molar-refractivity contribution >= 4 is 23.0 Å². The van der Waals surface area contributed by atoms with E-state index in [1.54, 1.807) is 24.1 Å². The van der Waals surface area contributed by atoms with E-state index in [9.17, 15) is 9.18 Å². The Hall–Kier alpha value is -2.21. The van der Waals surface area contributed by atoms with Crippen LogP contribution in [0.15, 0.2) is 34.8 Å². The highest BCUT2D eigenvalue weighted by Crippen LogP contribution is 2.31. The first-order valence-electron chi connectivity index (χ1n) is 7.91. The summed E-state index contributed by atoms with van der Waals surface area (Å²) in [7, 11) is 1.78. The number of thiophene rings is 1. The van der Waals surface area contributed by atoms with Crippen molar-refractivity contribution in [1.82, 2.24) is 4.90 Å². The van der Waals surface area contributed by atoms with Gasteiger partial charge in [-0.2, -0.15) is 0 Å². The van der Waals surface area contributed by atoms with Gasteiger partial charge in [-0.05, 0) is 48.9 Å². The fourth-order valence-electron chi connectivity index (χ4n) is 2.95. The predicted octanol–water partition coefficient (Wildman–Crippen LogP) is 3.72. The lowest BCUT2D eigenvalue weighted by molar-refractivity contribution is 0.0796. The van der Waals surface area contributed by atoms with Crippen LogP contribution in [-0.2, 0) is 12.8 Å². The zero-order valence-electron chi connectivity index (χ0n) is 13.5. The van der Waals surface area contributed by atoms with Crippen LogP contribution in [0.1, 0.15) is 39.2 Å². The fraction of sp³-hybridized carbons (Fsp3) is 0.333. The summed E-state index contributed by atoms with van der Waals surface area (Å²) in [4.78, 5) is 15.3. The molecule has 0 atom stereocenters. The Kier molecular flexibility index (Phi) is 4.94. The van der Waals surface area contributed by atoms with E-state index >= 15 is 0 Å². The standard InChI is InChI=1S/C18H19FN2O2S/c1-21(10-9-12-5-7-13(19)8-6-12)18(22)15-11-24-17-14(15)3-2-4-16(17)20-23/h5-8,11,23H,2-4,9-10H2,1H3/b20-16-. The number of carbonyl (C=O) groups excluding carboxylic acids is 1. The van der Waals surface area contributed by atoms with E-state index in [0.717, 1.165) is 35.3 Å². The number of rotatable bonds is 4. The van der Waals surface area contributed by atoms with Crippen molar-refractivity contribution in [3.05, 3.63) is 57.0 Å². The van der Waals surface area contributed by atoms with Crippen LogP contribution in [0, 0.1) is 5.82 Å². The molecule has 1 N–H and O–H groups in total. The predicted molar refractivity (Wildman–Crippen MR) is 92.6 cm³/mol. The molecule has 0 aliphatic heterocycles. The van der Waals surface area contributed by atoms with E-state index in [-0.39, 0.29) is 11.7 Å².